The van der Waals surface area contributed by atoms with Gasteiger partial charge in [-0.05, 0) is 55.3 Å². The second kappa shape index (κ2) is 6.49. The van der Waals surface area contributed by atoms with Gasteiger partial charge in [0.2, 0.25) is 0 Å². The molecule has 0 spiro atoms. The SMILES string of the molecule is Cc1nn(C)c2sc(C(=O)Nc3ccc(N4CCc5ccccc54)cc3)cc12. The van der Waals surface area contributed by atoms with Crippen LogP contribution >= 0.6 is 11.3 Å². The Hall–Kier alpha value is -3.12. The summed E-state index contributed by atoms with van der Waals surface area (Å²) in [4.78, 5) is 16.7. The van der Waals surface area contributed by atoms with E-state index in [0.717, 1.165) is 40.3 Å². The Morgan fingerprint density at radius 2 is 1.93 bits per heavy atom. The number of carbonyl (C=O) groups excluding carboxylic acids is 1. The van der Waals surface area contributed by atoms with Crippen LogP contribution in [0.3, 0.4) is 0 Å². The van der Waals surface area contributed by atoms with E-state index in [9.17, 15) is 4.79 Å². The third-order valence-electron chi connectivity index (χ3n) is 5.24. The number of hydrogen-bond acceptors (Lipinski definition) is 4. The molecule has 5 nitrogen and oxygen atoms in total. The monoisotopic (exact) mass is 388 g/mol. The maximum Gasteiger partial charge on any atom is 0.265 e. The highest BCUT2D eigenvalue weighted by atomic mass is 32.1. The van der Waals surface area contributed by atoms with Crippen molar-refractivity contribution >= 4 is 44.5 Å². The van der Waals surface area contributed by atoms with Crippen LogP contribution in [0, 0.1) is 6.92 Å². The predicted molar refractivity (Wildman–Crippen MR) is 115 cm³/mol. The number of hydrogen-bond donors (Lipinski definition) is 1. The molecule has 0 fully saturated rings. The van der Waals surface area contributed by atoms with Gasteiger partial charge in [0.1, 0.15) is 4.83 Å². The van der Waals surface area contributed by atoms with Gasteiger partial charge in [0, 0.05) is 36.0 Å². The lowest BCUT2D eigenvalue weighted by molar-refractivity contribution is 0.103. The lowest BCUT2D eigenvalue weighted by atomic mass is 10.2. The second-order valence-electron chi connectivity index (χ2n) is 7.07. The lowest BCUT2D eigenvalue weighted by Gasteiger charge is -2.19. The van der Waals surface area contributed by atoms with E-state index < -0.39 is 0 Å². The first kappa shape index (κ1) is 17.0. The molecule has 0 bridgehead atoms. The van der Waals surface area contributed by atoms with Gasteiger partial charge in [0.25, 0.3) is 5.91 Å². The van der Waals surface area contributed by atoms with Gasteiger partial charge in [-0.2, -0.15) is 5.10 Å². The number of aromatic nitrogens is 2. The minimum absolute atomic E-state index is 0.0835. The van der Waals surface area contributed by atoms with E-state index in [1.807, 2.05) is 36.9 Å². The van der Waals surface area contributed by atoms with Crippen LogP contribution in [0.5, 0.6) is 0 Å². The number of rotatable bonds is 3. The molecule has 28 heavy (non-hydrogen) atoms. The first-order chi connectivity index (χ1) is 13.6. The van der Waals surface area contributed by atoms with Crippen molar-refractivity contribution in [1.29, 1.82) is 0 Å². The van der Waals surface area contributed by atoms with Gasteiger partial charge in [-0.1, -0.05) is 18.2 Å². The number of nitrogens with zero attached hydrogens (tertiary/aromatic N) is 3. The summed E-state index contributed by atoms with van der Waals surface area (Å²) in [5.41, 5.74) is 5.55. The number of fused-ring (bicyclic) bond motifs is 2. The second-order valence-corrected chi connectivity index (χ2v) is 8.10. The number of aryl methyl sites for hydroxylation is 2. The van der Waals surface area contributed by atoms with Crippen LogP contribution < -0.4 is 10.2 Å². The fourth-order valence-corrected chi connectivity index (χ4v) is 4.86. The van der Waals surface area contributed by atoms with Crippen molar-refractivity contribution in [2.75, 3.05) is 16.8 Å². The summed E-state index contributed by atoms with van der Waals surface area (Å²) in [6, 6.07) is 18.5. The summed E-state index contributed by atoms with van der Waals surface area (Å²) in [5, 5.41) is 8.44. The van der Waals surface area contributed by atoms with Crippen molar-refractivity contribution in [2.45, 2.75) is 13.3 Å². The fraction of sp³-hybridized carbons (Fsp3) is 0.182. The van der Waals surface area contributed by atoms with E-state index in [1.165, 1.54) is 22.6 Å². The number of para-hydroxylation sites is 1. The number of amides is 1. The Kier molecular flexibility index (Phi) is 3.94. The maximum absolute atomic E-state index is 12.7. The molecule has 0 saturated heterocycles. The molecule has 3 heterocycles. The van der Waals surface area contributed by atoms with Crippen LogP contribution in [0.15, 0.2) is 54.6 Å². The van der Waals surface area contributed by atoms with Crippen LogP contribution in [-0.4, -0.2) is 22.2 Å². The summed E-state index contributed by atoms with van der Waals surface area (Å²) < 4.78 is 1.83. The molecule has 2 aromatic heterocycles. The largest absolute Gasteiger partial charge is 0.341 e. The first-order valence-electron chi connectivity index (χ1n) is 9.30. The summed E-state index contributed by atoms with van der Waals surface area (Å²) in [6.45, 7) is 2.95. The van der Waals surface area contributed by atoms with Gasteiger partial charge in [-0.25, -0.2) is 0 Å². The van der Waals surface area contributed by atoms with E-state index in [1.54, 1.807) is 0 Å². The minimum atomic E-state index is -0.0835. The number of anilines is 3. The smallest absolute Gasteiger partial charge is 0.265 e. The Morgan fingerprint density at radius 1 is 1.14 bits per heavy atom. The molecule has 2 aromatic carbocycles. The van der Waals surface area contributed by atoms with Crippen molar-refractivity contribution in [1.82, 2.24) is 9.78 Å². The first-order valence-corrected chi connectivity index (χ1v) is 10.1. The average Bonchev–Trinajstić information content (AvgIpc) is 3.39. The Balaban J connectivity index is 1.35. The molecule has 0 radical (unpaired) electrons. The predicted octanol–water partition coefficient (Wildman–Crippen LogP) is 4.89. The molecule has 1 N–H and O–H groups in total. The van der Waals surface area contributed by atoms with Crippen molar-refractivity contribution in [3.63, 3.8) is 0 Å². The highest BCUT2D eigenvalue weighted by Crippen LogP contribution is 2.35. The number of benzene rings is 2. The topological polar surface area (TPSA) is 50.2 Å². The molecule has 140 valence electrons. The molecular weight excluding hydrogens is 368 g/mol. The highest BCUT2D eigenvalue weighted by molar-refractivity contribution is 7.20. The lowest BCUT2D eigenvalue weighted by Crippen LogP contribution is -2.14. The summed E-state index contributed by atoms with van der Waals surface area (Å²) in [6.07, 6.45) is 1.06. The Labute approximate surface area is 167 Å². The molecule has 0 aliphatic carbocycles. The average molecular weight is 388 g/mol. The molecule has 0 unspecified atom stereocenters. The van der Waals surface area contributed by atoms with Gasteiger partial charge >= 0.3 is 0 Å². The summed E-state index contributed by atoms with van der Waals surface area (Å²) in [7, 11) is 1.91. The maximum atomic E-state index is 12.7. The molecule has 1 amide bonds. The quantitative estimate of drug-likeness (QED) is 0.544. The molecule has 1 aliphatic heterocycles. The zero-order valence-electron chi connectivity index (χ0n) is 15.8. The Morgan fingerprint density at radius 3 is 2.71 bits per heavy atom. The van der Waals surface area contributed by atoms with Crippen LogP contribution in [0.25, 0.3) is 10.2 Å². The van der Waals surface area contributed by atoms with E-state index in [-0.39, 0.29) is 5.91 Å². The number of thiophene rings is 1. The number of carbonyl (C=O) groups is 1. The zero-order chi connectivity index (χ0) is 19.3. The summed E-state index contributed by atoms with van der Waals surface area (Å²) >= 11 is 1.47. The normalized spacial score (nSPS) is 13.1. The third kappa shape index (κ3) is 2.77. The van der Waals surface area contributed by atoms with Crippen LogP contribution in [-0.2, 0) is 13.5 Å². The van der Waals surface area contributed by atoms with Gasteiger partial charge in [0.15, 0.2) is 0 Å². The highest BCUT2D eigenvalue weighted by Gasteiger charge is 2.20. The van der Waals surface area contributed by atoms with Crippen molar-refractivity contribution < 1.29 is 4.79 Å². The fourth-order valence-electron chi connectivity index (χ4n) is 3.84. The van der Waals surface area contributed by atoms with Gasteiger partial charge in [0.05, 0.1) is 10.6 Å². The van der Waals surface area contributed by atoms with E-state index in [4.69, 9.17) is 0 Å². The van der Waals surface area contributed by atoms with Crippen molar-refractivity contribution in [3.8, 4) is 0 Å². The van der Waals surface area contributed by atoms with E-state index in [0.29, 0.717) is 4.88 Å². The van der Waals surface area contributed by atoms with Crippen molar-refractivity contribution in [2.24, 2.45) is 7.05 Å². The molecule has 1 aliphatic rings. The molecule has 4 aromatic rings. The van der Waals surface area contributed by atoms with Gasteiger partial charge in [-0.15, -0.1) is 11.3 Å². The van der Waals surface area contributed by atoms with Crippen LogP contribution in [0.2, 0.25) is 0 Å². The Bertz CT molecular complexity index is 1150. The zero-order valence-corrected chi connectivity index (χ0v) is 16.6. The minimum Gasteiger partial charge on any atom is -0.341 e. The van der Waals surface area contributed by atoms with Gasteiger partial charge < -0.3 is 10.2 Å². The van der Waals surface area contributed by atoms with E-state index >= 15 is 0 Å². The molecular formula is C22H20N4OS. The molecule has 0 saturated carbocycles. The van der Waals surface area contributed by atoms with Crippen LogP contribution in [0.4, 0.5) is 17.1 Å². The molecule has 6 heteroatoms. The third-order valence-corrected chi connectivity index (χ3v) is 6.44. The number of nitrogens with one attached hydrogen (secondary N) is 1. The van der Waals surface area contributed by atoms with Crippen LogP contribution in [0.1, 0.15) is 20.9 Å². The molecule has 5 rings (SSSR count). The van der Waals surface area contributed by atoms with Gasteiger partial charge in [-0.3, -0.25) is 9.48 Å². The summed E-state index contributed by atoms with van der Waals surface area (Å²) in [5.74, 6) is -0.0835. The standard InChI is InChI=1S/C22H20N4OS/c1-14-18-13-20(28-22(18)25(2)24-14)21(27)23-16-7-9-17(10-8-16)26-12-11-15-5-3-4-6-19(15)26/h3-10,13H,11-12H2,1-2H3,(H,23,27). The molecule has 0 atom stereocenters. The van der Waals surface area contributed by atoms with Crippen molar-refractivity contribution in [3.05, 3.63) is 70.7 Å². The van der Waals surface area contributed by atoms with E-state index in [2.05, 4.69) is 51.7 Å².